The van der Waals surface area contributed by atoms with Crippen LogP contribution in [0, 0.1) is 0 Å². The molecular weight excluding hydrogens is 332 g/mol. The van der Waals surface area contributed by atoms with E-state index in [0.29, 0.717) is 4.70 Å². The zero-order chi connectivity index (χ0) is 17.4. The first kappa shape index (κ1) is 15.9. The Morgan fingerprint density at radius 1 is 1.12 bits per heavy atom. The Morgan fingerprint density at radius 2 is 1.92 bits per heavy atom. The third-order valence-electron chi connectivity index (χ3n) is 4.39. The molecule has 2 aromatic carbocycles. The van der Waals surface area contributed by atoms with Crippen molar-refractivity contribution >= 4 is 32.3 Å². The van der Waals surface area contributed by atoms with Crippen LogP contribution in [0.4, 0.5) is 0 Å². The van der Waals surface area contributed by atoms with Crippen LogP contribution in [0.1, 0.15) is 12.5 Å². The first-order valence-corrected chi connectivity index (χ1v) is 9.12. The smallest absolute Gasteiger partial charge is 0.266 e. The summed E-state index contributed by atoms with van der Waals surface area (Å²) >= 11 is 1.42. The lowest BCUT2D eigenvalue weighted by atomic mass is 9.96. The van der Waals surface area contributed by atoms with E-state index in [0.717, 1.165) is 40.5 Å². The van der Waals surface area contributed by atoms with Gasteiger partial charge in [0, 0.05) is 28.4 Å². The number of phenolic OH excluding ortho intramolecular Hbond substituents is 1. The van der Waals surface area contributed by atoms with Crippen LogP contribution in [0.25, 0.3) is 32.1 Å². The Hall–Kier alpha value is -2.63. The zero-order valence-electron chi connectivity index (χ0n) is 13.8. The Bertz CT molecular complexity index is 1110. The molecule has 0 unspecified atom stereocenters. The fourth-order valence-electron chi connectivity index (χ4n) is 3.19. The summed E-state index contributed by atoms with van der Waals surface area (Å²) in [6, 6.07) is 13.5. The third-order valence-corrected chi connectivity index (χ3v) is 5.31. The van der Waals surface area contributed by atoms with E-state index in [4.69, 9.17) is 0 Å². The predicted octanol–water partition coefficient (Wildman–Crippen LogP) is 4.22. The SMILES string of the molecule is CCNCc1ccc(-c2c(O)ccc3[nH]c(=O)c4sccc4c23)cc1. The highest BCUT2D eigenvalue weighted by Gasteiger charge is 2.15. The molecule has 4 rings (SSSR count). The van der Waals surface area contributed by atoms with Crippen molar-refractivity contribution in [1.82, 2.24) is 10.3 Å². The lowest BCUT2D eigenvalue weighted by Crippen LogP contribution is -2.11. The van der Waals surface area contributed by atoms with Crippen LogP contribution in [0.5, 0.6) is 5.75 Å². The first-order chi connectivity index (χ1) is 12.2. The van der Waals surface area contributed by atoms with Crippen molar-refractivity contribution in [3.8, 4) is 16.9 Å². The quantitative estimate of drug-likeness (QED) is 0.516. The molecule has 0 amide bonds. The molecule has 0 aliphatic heterocycles. The molecule has 0 spiro atoms. The molecule has 5 heteroatoms. The number of thiophene rings is 1. The van der Waals surface area contributed by atoms with Gasteiger partial charge >= 0.3 is 0 Å². The number of benzene rings is 2. The molecule has 4 nitrogen and oxygen atoms in total. The van der Waals surface area contributed by atoms with Gasteiger partial charge in [-0.15, -0.1) is 11.3 Å². The summed E-state index contributed by atoms with van der Waals surface area (Å²) < 4.78 is 0.683. The minimum atomic E-state index is -0.0878. The standard InChI is InChI=1S/C20H18N2O2S/c1-2-21-11-12-3-5-13(6-4-12)17-16(23)8-7-15-18(17)14-9-10-25-19(14)20(24)22-15/h3-10,21,23H,2,11H2,1H3,(H,22,24). The highest BCUT2D eigenvalue weighted by atomic mass is 32.1. The molecule has 0 aliphatic rings. The van der Waals surface area contributed by atoms with Crippen molar-refractivity contribution in [2.45, 2.75) is 13.5 Å². The number of fused-ring (bicyclic) bond motifs is 3. The van der Waals surface area contributed by atoms with Gasteiger partial charge in [-0.05, 0) is 41.3 Å². The van der Waals surface area contributed by atoms with Crippen molar-refractivity contribution in [3.05, 3.63) is 63.8 Å². The predicted molar refractivity (Wildman–Crippen MR) is 104 cm³/mol. The molecule has 0 saturated heterocycles. The second-order valence-corrected chi connectivity index (χ2v) is 6.89. The summed E-state index contributed by atoms with van der Waals surface area (Å²) in [5, 5.41) is 17.5. The molecule has 0 atom stereocenters. The van der Waals surface area contributed by atoms with E-state index in [9.17, 15) is 9.90 Å². The van der Waals surface area contributed by atoms with Crippen LogP contribution < -0.4 is 10.9 Å². The second-order valence-electron chi connectivity index (χ2n) is 5.98. The van der Waals surface area contributed by atoms with Crippen LogP contribution in [-0.4, -0.2) is 16.6 Å². The lowest BCUT2D eigenvalue weighted by molar-refractivity contribution is 0.478. The maximum atomic E-state index is 12.2. The number of phenols is 1. The first-order valence-electron chi connectivity index (χ1n) is 8.24. The Morgan fingerprint density at radius 3 is 2.68 bits per heavy atom. The van der Waals surface area contributed by atoms with Gasteiger partial charge < -0.3 is 15.4 Å². The number of pyridine rings is 1. The molecule has 0 saturated carbocycles. The highest BCUT2D eigenvalue weighted by molar-refractivity contribution is 7.17. The van der Waals surface area contributed by atoms with Crippen LogP contribution in [0.2, 0.25) is 0 Å². The van der Waals surface area contributed by atoms with Gasteiger partial charge in [0.2, 0.25) is 0 Å². The maximum absolute atomic E-state index is 12.2. The number of aromatic nitrogens is 1. The molecule has 4 aromatic rings. The van der Waals surface area contributed by atoms with Crippen molar-refractivity contribution in [1.29, 1.82) is 0 Å². The molecule has 126 valence electrons. The molecule has 0 fully saturated rings. The van der Waals surface area contributed by atoms with E-state index in [2.05, 4.69) is 29.4 Å². The molecule has 0 bridgehead atoms. The van der Waals surface area contributed by atoms with Gasteiger partial charge in [0.1, 0.15) is 10.4 Å². The van der Waals surface area contributed by atoms with Gasteiger partial charge in [0.05, 0.1) is 0 Å². The molecule has 0 aliphatic carbocycles. The van der Waals surface area contributed by atoms with Crippen LogP contribution in [0.15, 0.2) is 52.6 Å². The molecule has 2 heterocycles. The van der Waals surface area contributed by atoms with Crippen molar-refractivity contribution in [2.75, 3.05) is 6.54 Å². The number of rotatable bonds is 4. The average molecular weight is 350 g/mol. The summed E-state index contributed by atoms with van der Waals surface area (Å²) in [5.74, 6) is 0.214. The number of nitrogens with one attached hydrogen (secondary N) is 2. The normalized spacial score (nSPS) is 11.4. The summed E-state index contributed by atoms with van der Waals surface area (Å²) in [5.41, 5.74) is 3.53. The molecule has 3 N–H and O–H groups in total. The number of aromatic amines is 1. The zero-order valence-corrected chi connectivity index (χ0v) is 14.6. The molecular formula is C20H18N2O2S. The van der Waals surface area contributed by atoms with Crippen LogP contribution in [0.3, 0.4) is 0 Å². The number of hydrogen-bond donors (Lipinski definition) is 3. The van der Waals surface area contributed by atoms with Crippen molar-refractivity contribution < 1.29 is 5.11 Å². The summed E-state index contributed by atoms with van der Waals surface area (Å²) in [7, 11) is 0. The minimum Gasteiger partial charge on any atom is -0.507 e. The number of aromatic hydroxyl groups is 1. The molecule has 2 aromatic heterocycles. The summed E-state index contributed by atoms with van der Waals surface area (Å²) in [6.45, 7) is 3.82. The highest BCUT2D eigenvalue weighted by Crippen LogP contribution is 2.39. The Balaban J connectivity index is 1.96. The lowest BCUT2D eigenvalue weighted by Gasteiger charge is -2.11. The van der Waals surface area contributed by atoms with Crippen molar-refractivity contribution in [3.63, 3.8) is 0 Å². The van der Waals surface area contributed by atoms with Gasteiger partial charge in [-0.1, -0.05) is 31.2 Å². The fourth-order valence-corrected chi connectivity index (χ4v) is 3.98. The van der Waals surface area contributed by atoms with Gasteiger partial charge in [-0.3, -0.25) is 4.79 Å². The maximum Gasteiger partial charge on any atom is 0.266 e. The second kappa shape index (κ2) is 6.35. The summed E-state index contributed by atoms with van der Waals surface area (Å²) in [4.78, 5) is 15.1. The monoisotopic (exact) mass is 350 g/mol. The van der Waals surface area contributed by atoms with Gasteiger partial charge in [0.15, 0.2) is 0 Å². The van der Waals surface area contributed by atoms with Gasteiger partial charge in [-0.2, -0.15) is 0 Å². The van der Waals surface area contributed by atoms with E-state index in [-0.39, 0.29) is 11.3 Å². The fraction of sp³-hybridized carbons (Fsp3) is 0.150. The van der Waals surface area contributed by atoms with E-state index in [1.807, 2.05) is 23.6 Å². The van der Waals surface area contributed by atoms with E-state index in [1.165, 1.54) is 16.9 Å². The largest absolute Gasteiger partial charge is 0.507 e. The third kappa shape index (κ3) is 2.71. The van der Waals surface area contributed by atoms with E-state index >= 15 is 0 Å². The van der Waals surface area contributed by atoms with E-state index in [1.54, 1.807) is 12.1 Å². The average Bonchev–Trinajstić information content (AvgIpc) is 3.12. The number of H-pyrrole nitrogens is 1. The van der Waals surface area contributed by atoms with Crippen molar-refractivity contribution in [2.24, 2.45) is 0 Å². The van der Waals surface area contributed by atoms with Gasteiger partial charge in [-0.25, -0.2) is 0 Å². The topological polar surface area (TPSA) is 65.1 Å². The molecule has 25 heavy (non-hydrogen) atoms. The van der Waals surface area contributed by atoms with Crippen LogP contribution >= 0.6 is 11.3 Å². The van der Waals surface area contributed by atoms with E-state index < -0.39 is 0 Å². The summed E-state index contributed by atoms with van der Waals surface area (Å²) in [6.07, 6.45) is 0. The Kier molecular flexibility index (Phi) is 4.03. The number of hydrogen-bond acceptors (Lipinski definition) is 4. The van der Waals surface area contributed by atoms with Gasteiger partial charge in [0.25, 0.3) is 5.56 Å². The Labute approximate surface area is 148 Å². The molecule has 0 radical (unpaired) electrons. The van der Waals surface area contributed by atoms with Crippen LogP contribution in [-0.2, 0) is 6.54 Å². The minimum absolute atomic E-state index is 0.0878.